The van der Waals surface area contributed by atoms with Gasteiger partial charge in [-0.1, -0.05) is 42.1 Å². The fourth-order valence-electron chi connectivity index (χ4n) is 3.80. The Morgan fingerprint density at radius 2 is 2.05 bits per heavy atom. The van der Waals surface area contributed by atoms with Crippen LogP contribution in [0.3, 0.4) is 0 Å². The first kappa shape index (κ1) is 31.2. The van der Waals surface area contributed by atoms with E-state index in [1.165, 1.54) is 16.7 Å². The number of nitrogens with two attached hydrogens (primary N) is 1. The van der Waals surface area contributed by atoms with E-state index in [9.17, 15) is 37.7 Å². The zero-order valence-electron chi connectivity index (χ0n) is 21.9. The van der Waals surface area contributed by atoms with Crippen LogP contribution in [0.25, 0.3) is 0 Å². The van der Waals surface area contributed by atoms with Crippen LogP contribution in [0.1, 0.15) is 36.3 Å². The minimum atomic E-state index is -4.94. The Bertz CT molecular complexity index is 1700. The van der Waals surface area contributed by atoms with Gasteiger partial charge >= 0.3 is 10.3 Å². The number of nitrogens with zero attached hydrogens (tertiary/aromatic N) is 6. The van der Waals surface area contributed by atoms with Gasteiger partial charge in [0.2, 0.25) is 5.43 Å². The Kier molecular flexibility index (Phi) is 9.06. The van der Waals surface area contributed by atoms with Gasteiger partial charge in [-0.2, -0.15) is 13.1 Å². The van der Waals surface area contributed by atoms with Crippen LogP contribution in [-0.2, 0) is 24.7 Å². The molecule has 3 aromatic rings. The van der Waals surface area contributed by atoms with Crippen LogP contribution in [0.15, 0.2) is 31.9 Å². The molecular formula is C21H24N8O9S4. The molecule has 21 heteroatoms. The number of amides is 2. The summed E-state index contributed by atoms with van der Waals surface area (Å²) in [5, 5.41) is 36.1. The van der Waals surface area contributed by atoms with Crippen LogP contribution in [0.4, 0.5) is 5.13 Å². The molecule has 4 heterocycles. The number of aromatic nitrogens is 4. The Balaban J connectivity index is 1.62. The lowest BCUT2D eigenvalue weighted by molar-refractivity contribution is -0.143. The maximum atomic E-state index is 13.4. The van der Waals surface area contributed by atoms with Crippen molar-refractivity contribution in [2.75, 3.05) is 11.5 Å². The molecule has 0 bridgehead atoms. The summed E-state index contributed by atoms with van der Waals surface area (Å²) in [6.07, 6.45) is -0.332. The summed E-state index contributed by atoms with van der Waals surface area (Å²) in [6.45, 7) is 5.08. The molecule has 0 spiro atoms. The minimum absolute atomic E-state index is 0.0433. The Morgan fingerprint density at radius 1 is 1.33 bits per heavy atom. The van der Waals surface area contributed by atoms with Crippen molar-refractivity contribution in [1.82, 2.24) is 29.5 Å². The lowest BCUT2D eigenvalue weighted by Gasteiger charge is -2.43. The third-order valence-corrected chi connectivity index (χ3v) is 9.46. The number of β-lactam (4-membered cyclic amide) rings is 1. The van der Waals surface area contributed by atoms with Gasteiger partial charge in [-0.3, -0.25) is 18.9 Å². The number of thiazole rings is 1. The van der Waals surface area contributed by atoms with Crippen molar-refractivity contribution in [1.29, 1.82) is 0 Å². The van der Waals surface area contributed by atoms with Gasteiger partial charge in [0.25, 0.3) is 11.8 Å². The molecule has 0 aromatic carbocycles. The zero-order chi connectivity index (χ0) is 30.9. The molecule has 0 aliphatic carbocycles. The van der Waals surface area contributed by atoms with E-state index < -0.39 is 63.1 Å². The number of thioether (sulfide) groups is 1. The third kappa shape index (κ3) is 6.64. The van der Waals surface area contributed by atoms with Crippen molar-refractivity contribution in [3.63, 3.8) is 0 Å². The number of rotatable bonds is 11. The van der Waals surface area contributed by atoms with E-state index in [0.29, 0.717) is 14.1 Å². The quantitative estimate of drug-likeness (QED) is 0.0466. The van der Waals surface area contributed by atoms with E-state index in [0.717, 1.165) is 35.4 Å². The first-order chi connectivity index (χ1) is 19.7. The number of anilines is 1. The molecule has 1 aliphatic heterocycles. The number of aryl methyl sites for hydroxylation is 1. The van der Waals surface area contributed by atoms with Crippen LogP contribution < -0.4 is 16.5 Å². The van der Waals surface area contributed by atoms with Gasteiger partial charge in [-0.15, -0.1) is 21.5 Å². The molecule has 3 atom stereocenters. The first-order valence-corrected chi connectivity index (χ1v) is 15.9. The molecule has 3 aromatic heterocycles. The third-order valence-electron chi connectivity index (χ3n) is 5.76. The monoisotopic (exact) mass is 660 g/mol. The smallest absolute Gasteiger partial charge is 0.362 e. The molecule has 226 valence electrons. The van der Waals surface area contributed by atoms with Crippen LogP contribution in [0.2, 0.25) is 0 Å². The van der Waals surface area contributed by atoms with Gasteiger partial charge in [-0.25, -0.2) is 9.29 Å². The van der Waals surface area contributed by atoms with Gasteiger partial charge in [-0.05, 0) is 12.8 Å². The number of hydrogen-bond acceptors (Lipinski definition) is 16. The number of aromatic hydroxyl groups is 1. The number of nitrogens with one attached hydrogen (secondary N) is 1. The Morgan fingerprint density at radius 3 is 2.62 bits per heavy atom. The lowest BCUT2D eigenvalue weighted by Crippen LogP contribution is -2.73. The molecule has 0 radical (unpaired) electrons. The van der Waals surface area contributed by atoms with Crippen LogP contribution in [-0.4, -0.2) is 82.9 Å². The maximum absolute atomic E-state index is 13.4. The van der Waals surface area contributed by atoms with Gasteiger partial charge in [0.05, 0.1) is 12.2 Å². The average Bonchev–Trinajstić information content (AvgIpc) is 3.51. The van der Waals surface area contributed by atoms with E-state index in [1.54, 1.807) is 20.8 Å². The van der Waals surface area contributed by atoms with E-state index in [4.69, 9.17) is 10.6 Å². The van der Waals surface area contributed by atoms with E-state index in [2.05, 4.69) is 25.7 Å². The van der Waals surface area contributed by atoms with E-state index in [-0.39, 0.29) is 26.6 Å². The number of hydrogen-bond donors (Lipinski definition) is 5. The van der Waals surface area contributed by atoms with Crippen molar-refractivity contribution in [3.8, 4) is 5.75 Å². The Labute approximate surface area is 249 Å². The van der Waals surface area contributed by atoms with Crippen molar-refractivity contribution < 1.29 is 37.7 Å². The molecule has 42 heavy (non-hydrogen) atoms. The van der Waals surface area contributed by atoms with Crippen LogP contribution in [0.5, 0.6) is 5.75 Å². The molecule has 0 saturated carbocycles. The number of nitrogen functional groups attached to an aromatic ring is 1. The van der Waals surface area contributed by atoms with E-state index >= 15 is 0 Å². The van der Waals surface area contributed by atoms with Gasteiger partial charge in [0.15, 0.2) is 27.0 Å². The molecule has 1 unspecified atom stereocenters. The lowest BCUT2D eigenvalue weighted by atomic mass is 10.0. The van der Waals surface area contributed by atoms with Crippen molar-refractivity contribution in [3.05, 3.63) is 44.3 Å². The number of carbonyl (C=O) groups is 2. The average molecular weight is 661 g/mol. The highest BCUT2D eigenvalue weighted by Crippen LogP contribution is 2.31. The number of carbonyl (C=O) groups excluding carboxylic acids is 2. The molecule has 1 fully saturated rings. The predicted octanol–water partition coefficient (Wildman–Crippen LogP) is 0.399. The zero-order valence-corrected chi connectivity index (χ0v) is 25.2. The van der Waals surface area contributed by atoms with Crippen molar-refractivity contribution >= 4 is 67.4 Å². The second kappa shape index (κ2) is 12.2. The van der Waals surface area contributed by atoms with Gasteiger partial charge in [0, 0.05) is 17.2 Å². The SMILES string of the molecule is Cc1nnc(SC[C@@H]2[C@H](NC(=O)/C(=N\OC(c3cc(=O)c(O)cn3O)C(C)C)c3csc(N)n3)C(=O)N2S(=O)(=O)O)s1. The summed E-state index contributed by atoms with van der Waals surface area (Å²) in [7, 11) is -4.94. The highest BCUT2D eigenvalue weighted by atomic mass is 32.2. The topological polar surface area (TPSA) is 253 Å². The second-order valence-corrected chi connectivity index (χ2v) is 13.7. The highest BCUT2D eigenvalue weighted by Gasteiger charge is 2.54. The molecule has 1 aliphatic rings. The molecule has 6 N–H and O–H groups in total. The van der Waals surface area contributed by atoms with Gasteiger partial charge in [0.1, 0.15) is 22.4 Å². The van der Waals surface area contributed by atoms with E-state index in [1.807, 2.05) is 0 Å². The largest absolute Gasteiger partial charge is 0.503 e. The Hall–Kier alpha value is -3.79. The standard InChI is InChI=1S/C21H24N8O9S4/c1-8(2)17(11-4-13(30)14(31)5-28(11)34)38-27-15(10-6-39-20(22)23-10)18(32)24-16-12(29(19(16)33)42(35,36)37)7-40-21-26-25-9(3)41-21/h4-6,8,12,16-17,31,34H,7H2,1-3H3,(H2,22,23)(H,24,32)(H,35,36,37)/b27-15-/t12-,16+,17?/m1/s1. The fraction of sp³-hybridized carbons (Fsp3) is 0.381. The summed E-state index contributed by atoms with van der Waals surface area (Å²) in [6, 6.07) is -1.63. The molecule has 17 nitrogen and oxygen atoms in total. The highest BCUT2D eigenvalue weighted by molar-refractivity contribution is 8.01. The maximum Gasteiger partial charge on any atom is 0.362 e. The molecule has 1 saturated heterocycles. The summed E-state index contributed by atoms with van der Waals surface area (Å²) in [5.41, 5.74) is 4.35. The summed E-state index contributed by atoms with van der Waals surface area (Å²) < 4.78 is 34.6. The second-order valence-electron chi connectivity index (χ2n) is 9.10. The van der Waals surface area contributed by atoms with Crippen molar-refractivity contribution in [2.45, 2.75) is 43.3 Å². The molecule has 2 amide bonds. The molecule has 4 rings (SSSR count). The summed E-state index contributed by atoms with van der Waals surface area (Å²) in [4.78, 5) is 47.8. The van der Waals surface area contributed by atoms with Crippen LogP contribution in [0, 0.1) is 12.8 Å². The number of oxime groups is 1. The first-order valence-electron chi connectivity index (χ1n) is 11.8. The summed E-state index contributed by atoms with van der Waals surface area (Å²) >= 11 is 3.29. The van der Waals surface area contributed by atoms with Gasteiger partial charge < -0.3 is 26.2 Å². The molecular weight excluding hydrogens is 637 g/mol. The number of pyridine rings is 1. The fourth-order valence-corrected chi connectivity index (χ4v) is 7.29. The summed E-state index contributed by atoms with van der Waals surface area (Å²) in [5.74, 6) is -3.28. The normalized spacial score (nSPS) is 18.2. The predicted molar refractivity (Wildman–Crippen MR) is 151 cm³/mol. The van der Waals surface area contributed by atoms with Crippen LogP contribution >= 0.6 is 34.4 Å². The minimum Gasteiger partial charge on any atom is -0.503 e. The van der Waals surface area contributed by atoms with Crippen molar-refractivity contribution in [2.24, 2.45) is 11.1 Å².